The molecular weight excluding hydrogens is 519 g/mol. The molecule has 222 valence electrons. The van der Waals surface area contributed by atoms with Crippen LogP contribution in [0.15, 0.2) is 30.3 Å². The first-order chi connectivity index (χ1) is 17.7. The maximum Gasteiger partial charge on any atom is 0.309 e. The van der Waals surface area contributed by atoms with Crippen molar-refractivity contribution in [1.29, 1.82) is 0 Å². The minimum Gasteiger partial charge on any atom is -0.461 e. The summed E-state index contributed by atoms with van der Waals surface area (Å²) in [5.74, 6) is -2.51. The normalized spacial score (nSPS) is 15.5. The lowest BCUT2D eigenvalue weighted by atomic mass is 10.0. The van der Waals surface area contributed by atoms with Crippen LogP contribution in [-0.4, -0.2) is 47.0 Å². The van der Waals surface area contributed by atoms with E-state index in [0.29, 0.717) is 0 Å². The predicted molar refractivity (Wildman–Crippen MR) is 153 cm³/mol. The van der Waals surface area contributed by atoms with E-state index in [9.17, 15) is 18.9 Å². The summed E-state index contributed by atoms with van der Waals surface area (Å²) >= 11 is 0. The molecule has 39 heavy (non-hydrogen) atoms. The van der Waals surface area contributed by atoms with Crippen molar-refractivity contribution in [2.45, 2.75) is 112 Å². The molecule has 0 saturated heterocycles. The van der Waals surface area contributed by atoms with E-state index in [1.54, 1.807) is 69.2 Å². The number of rotatable bonds is 13. The molecule has 0 bridgehead atoms. The summed E-state index contributed by atoms with van der Waals surface area (Å²) in [7, 11) is -3.47. The Hall–Kier alpha value is -2.18. The van der Waals surface area contributed by atoms with Gasteiger partial charge in [-0.25, -0.2) is 0 Å². The summed E-state index contributed by atoms with van der Waals surface area (Å²) in [4.78, 5) is 37.9. The van der Waals surface area contributed by atoms with Crippen LogP contribution in [0.2, 0.25) is 0 Å². The van der Waals surface area contributed by atoms with Crippen molar-refractivity contribution in [3.8, 4) is 0 Å². The van der Waals surface area contributed by atoms with Gasteiger partial charge in [0.15, 0.2) is 0 Å². The average Bonchev–Trinajstić information content (AvgIpc) is 2.72. The second-order valence-electron chi connectivity index (χ2n) is 13.2. The van der Waals surface area contributed by atoms with Crippen molar-refractivity contribution in [2.75, 3.05) is 12.3 Å². The van der Waals surface area contributed by atoms with Gasteiger partial charge in [-0.2, -0.15) is 0 Å². The topological polar surface area (TPSA) is 105 Å². The van der Waals surface area contributed by atoms with Crippen LogP contribution in [0.4, 0.5) is 0 Å². The monoisotopic (exact) mass is 568 g/mol. The first kappa shape index (κ1) is 34.8. The third kappa shape index (κ3) is 16.5. The minimum absolute atomic E-state index is 0.0165. The van der Waals surface area contributed by atoms with Crippen molar-refractivity contribution < 1.29 is 37.7 Å². The van der Waals surface area contributed by atoms with E-state index in [2.05, 4.69) is 0 Å². The van der Waals surface area contributed by atoms with Crippen LogP contribution in [0.25, 0.3) is 0 Å². The average molecular weight is 569 g/mol. The Morgan fingerprint density at radius 2 is 1.33 bits per heavy atom. The highest BCUT2D eigenvalue weighted by Crippen LogP contribution is 2.54. The molecule has 0 spiro atoms. The van der Waals surface area contributed by atoms with Crippen LogP contribution in [0.3, 0.4) is 0 Å². The Morgan fingerprint density at radius 1 is 0.795 bits per heavy atom. The SMILES string of the molecule is CC(CP(=O)(CC(CCC(=O)OC(C)(C)C)CC(=O)OC(C)(C)C)OC(C)(C)C)C(=O)OCc1ccccc1. The van der Waals surface area contributed by atoms with E-state index in [1.807, 2.05) is 30.3 Å². The Kier molecular flexibility index (Phi) is 12.9. The fourth-order valence-corrected chi connectivity index (χ4v) is 7.37. The van der Waals surface area contributed by atoms with Gasteiger partial charge < -0.3 is 18.7 Å². The van der Waals surface area contributed by atoms with Gasteiger partial charge in [-0.3, -0.25) is 18.9 Å². The smallest absolute Gasteiger partial charge is 0.309 e. The van der Waals surface area contributed by atoms with Gasteiger partial charge in [-0.05, 0) is 80.2 Å². The van der Waals surface area contributed by atoms with E-state index in [-0.39, 0.29) is 38.2 Å². The standard InChI is InChI=1S/C30H49O8P/c1-22(27(33)35-19-23-14-12-11-13-15-23)20-39(34,38-30(8,9)10)21-24(18-26(32)37-29(5,6)7)16-17-25(31)36-28(2,3)4/h11-15,22,24H,16-21H2,1-10H3. The highest BCUT2D eigenvalue weighted by molar-refractivity contribution is 7.59. The number of hydrogen-bond donors (Lipinski definition) is 0. The van der Waals surface area contributed by atoms with Crippen LogP contribution >= 0.6 is 7.37 Å². The molecule has 0 radical (unpaired) electrons. The van der Waals surface area contributed by atoms with Gasteiger partial charge in [0.25, 0.3) is 0 Å². The van der Waals surface area contributed by atoms with E-state index in [4.69, 9.17) is 18.7 Å². The van der Waals surface area contributed by atoms with Crippen LogP contribution < -0.4 is 0 Å². The maximum atomic E-state index is 14.3. The molecule has 0 aliphatic heterocycles. The highest BCUT2D eigenvalue weighted by Gasteiger charge is 2.37. The molecule has 0 aromatic heterocycles. The quantitative estimate of drug-likeness (QED) is 0.143. The van der Waals surface area contributed by atoms with Gasteiger partial charge in [0.2, 0.25) is 7.37 Å². The van der Waals surface area contributed by atoms with Gasteiger partial charge in [0.05, 0.1) is 11.5 Å². The fraction of sp³-hybridized carbons (Fsp3) is 0.700. The summed E-state index contributed by atoms with van der Waals surface area (Å²) in [6, 6.07) is 9.32. The van der Waals surface area contributed by atoms with E-state index >= 15 is 0 Å². The lowest BCUT2D eigenvalue weighted by Crippen LogP contribution is -2.29. The third-order valence-electron chi connectivity index (χ3n) is 5.21. The molecule has 8 nitrogen and oxygen atoms in total. The Labute approximate surface area is 235 Å². The van der Waals surface area contributed by atoms with E-state index in [1.165, 1.54) is 0 Å². The van der Waals surface area contributed by atoms with Crippen LogP contribution in [0, 0.1) is 11.8 Å². The second-order valence-corrected chi connectivity index (χ2v) is 15.7. The molecule has 3 atom stereocenters. The van der Waals surface area contributed by atoms with Crippen molar-refractivity contribution in [3.05, 3.63) is 35.9 Å². The molecule has 0 heterocycles. The van der Waals surface area contributed by atoms with Gasteiger partial charge >= 0.3 is 17.9 Å². The van der Waals surface area contributed by atoms with Crippen molar-refractivity contribution in [2.24, 2.45) is 11.8 Å². The number of carbonyl (C=O) groups excluding carboxylic acids is 3. The molecule has 1 aromatic carbocycles. The zero-order valence-corrected chi connectivity index (χ0v) is 26.4. The summed E-state index contributed by atoms with van der Waals surface area (Å²) in [5, 5.41) is 0. The lowest BCUT2D eigenvalue weighted by molar-refractivity contribution is -0.158. The molecule has 0 saturated carbocycles. The van der Waals surface area contributed by atoms with Gasteiger partial charge in [-0.15, -0.1) is 0 Å². The summed E-state index contributed by atoms with van der Waals surface area (Å²) < 4.78 is 36.8. The van der Waals surface area contributed by atoms with Crippen LogP contribution in [-0.2, 0) is 44.3 Å². The summed E-state index contributed by atoms with van der Waals surface area (Å²) in [5.41, 5.74) is -1.23. The molecule has 9 heteroatoms. The molecule has 1 aromatic rings. The molecule has 0 aliphatic carbocycles. The Morgan fingerprint density at radius 3 is 1.85 bits per heavy atom. The molecule has 0 aliphatic rings. The minimum atomic E-state index is -3.47. The van der Waals surface area contributed by atoms with Crippen LogP contribution in [0.5, 0.6) is 0 Å². The van der Waals surface area contributed by atoms with Gasteiger partial charge in [0, 0.05) is 25.2 Å². The number of esters is 3. The first-order valence-corrected chi connectivity index (χ1v) is 15.6. The zero-order chi connectivity index (χ0) is 30.1. The van der Waals surface area contributed by atoms with Crippen LogP contribution in [0.1, 0.15) is 94.1 Å². The third-order valence-corrected chi connectivity index (χ3v) is 8.26. The second kappa shape index (κ2) is 14.5. The van der Waals surface area contributed by atoms with Crippen molar-refractivity contribution in [3.63, 3.8) is 0 Å². The summed E-state index contributed by atoms with van der Waals surface area (Å²) in [6.07, 6.45) is 0.246. The lowest BCUT2D eigenvalue weighted by Gasteiger charge is -2.32. The Balaban J connectivity index is 3.08. The molecule has 0 amide bonds. The highest BCUT2D eigenvalue weighted by atomic mass is 31.2. The fourth-order valence-electron chi connectivity index (χ4n) is 4.00. The molecule has 3 unspecified atom stereocenters. The van der Waals surface area contributed by atoms with Crippen molar-refractivity contribution >= 4 is 25.3 Å². The summed E-state index contributed by atoms with van der Waals surface area (Å²) in [6.45, 7) is 17.8. The molecule has 0 fully saturated rings. The number of ether oxygens (including phenoxy) is 3. The van der Waals surface area contributed by atoms with Gasteiger partial charge in [-0.1, -0.05) is 37.3 Å². The molecular formula is C30H49O8P. The number of carbonyl (C=O) groups is 3. The zero-order valence-electron chi connectivity index (χ0n) is 25.5. The van der Waals surface area contributed by atoms with Gasteiger partial charge in [0.1, 0.15) is 17.8 Å². The van der Waals surface area contributed by atoms with E-state index < -0.39 is 53.9 Å². The predicted octanol–water partition coefficient (Wildman–Crippen LogP) is 6.93. The molecule has 0 N–H and O–H groups in total. The van der Waals surface area contributed by atoms with Crippen molar-refractivity contribution in [1.82, 2.24) is 0 Å². The molecule has 1 rings (SSSR count). The Bertz CT molecular complexity index is 983. The largest absolute Gasteiger partial charge is 0.461 e. The number of benzene rings is 1. The van der Waals surface area contributed by atoms with E-state index in [0.717, 1.165) is 5.56 Å². The first-order valence-electron chi connectivity index (χ1n) is 13.6. The number of hydrogen-bond acceptors (Lipinski definition) is 8. The maximum absolute atomic E-state index is 14.3.